The molecule has 0 aliphatic heterocycles. The zero-order valence-corrected chi connectivity index (χ0v) is 12.2. The van der Waals surface area contributed by atoms with Crippen LogP contribution in [0.1, 0.15) is 44.1 Å². The molecule has 1 aliphatic rings. The fraction of sp³-hybridized carbons (Fsp3) is 0.600. The highest BCUT2D eigenvalue weighted by Crippen LogP contribution is 2.47. The number of carboxylic acid groups (broad SMARTS) is 1. The van der Waals surface area contributed by atoms with Gasteiger partial charge in [-0.1, -0.05) is 6.92 Å². The van der Waals surface area contributed by atoms with E-state index >= 15 is 0 Å². The second-order valence-corrected chi connectivity index (χ2v) is 5.75. The highest BCUT2D eigenvalue weighted by molar-refractivity contribution is 5.84. The van der Waals surface area contributed by atoms with Crippen molar-refractivity contribution in [3.8, 4) is 0 Å². The van der Waals surface area contributed by atoms with E-state index in [-0.39, 0.29) is 6.42 Å². The van der Waals surface area contributed by atoms with Gasteiger partial charge in [-0.05, 0) is 31.4 Å². The van der Waals surface area contributed by atoms with Gasteiger partial charge >= 0.3 is 5.97 Å². The van der Waals surface area contributed by atoms with Gasteiger partial charge in [0.25, 0.3) is 0 Å². The SMILES string of the molecule is CC(O)C(NC(=O)CCc1ccc(C2CC2C)o1)C(=O)O. The van der Waals surface area contributed by atoms with Gasteiger partial charge in [0, 0.05) is 18.8 Å². The predicted molar refractivity (Wildman–Crippen MR) is 74.8 cm³/mol. The number of hydrogen-bond donors (Lipinski definition) is 3. The van der Waals surface area contributed by atoms with E-state index in [2.05, 4.69) is 12.2 Å². The monoisotopic (exact) mass is 295 g/mol. The first-order valence-electron chi connectivity index (χ1n) is 7.17. The molecule has 3 N–H and O–H groups in total. The van der Waals surface area contributed by atoms with Crippen LogP contribution >= 0.6 is 0 Å². The van der Waals surface area contributed by atoms with E-state index in [4.69, 9.17) is 9.52 Å². The lowest BCUT2D eigenvalue weighted by atomic mass is 10.1. The maximum atomic E-state index is 11.7. The minimum absolute atomic E-state index is 0.129. The molecule has 0 spiro atoms. The van der Waals surface area contributed by atoms with Gasteiger partial charge in [-0.25, -0.2) is 4.79 Å². The molecule has 0 aromatic carbocycles. The van der Waals surface area contributed by atoms with E-state index in [1.165, 1.54) is 6.92 Å². The number of aliphatic carboxylic acids is 1. The molecule has 116 valence electrons. The summed E-state index contributed by atoms with van der Waals surface area (Å²) in [5.74, 6) is 1.18. The summed E-state index contributed by atoms with van der Waals surface area (Å²) in [6.45, 7) is 3.50. The van der Waals surface area contributed by atoms with Crippen molar-refractivity contribution in [3.05, 3.63) is 23.7 Å². The molecule has 1 aromatic rings. The number of aryl methyl sites for hydroxylation is 1. The average molecular weight is 295 g/mol. The molecule has 21 heavy (non-hydrogen) atoms. The zero-order chi connectivity index (χ0) is 15.6. The first-order valence-corrected chi connectivity index (χ1v) is 7.17. The molecule has 1 amide bonds. The predicted octanol–water partition coefficient (Wildman–Crippen LogP) is 1.29. The van der Waals surface area contributed by atoms with Gasteiger partial charge in [0.05, 0.1) is 6.10 Å². The molecule has 0 bridgehead atoms. The number of furan rings is 1. The van der Waals surface area contributed by atoms with Gasteiger partial charge in [0.15, 0.2) is 6.04 Å². The number of aliphatic hydroxyl groups is 1. The van der Waals surface area contributed by atoms with E-state index in [1.807, 2.05) is 12.1 Å². The number of aliphatic hydroxyl groups excluding tert-OH is 1. The average Bonchev–Trinajstić information content (AvgIpc) is 2.96. The van der Waals surface area contributed by atoms with Crippen molar-refractivity contribution < 1.29 is 24.2 Å². The van der Waals surface area contributed by atoms with Crippen LogP contribution in [-0.4, -0.2) is 34.2 Å². The number of rotatable bonds is 7. The number of hydrogen-bond acceptors (Lipinski definition) is 4. The minimum Gasteiger partial charge on any atom is -0.480 e. The first kappa shape index (κ1) is 15.6. The van der Waals surface area contributed by atoms with E-state index in [0.717, 1.165) is 17.9 Å². The maximum absolute atomic E-state index is 11.7. The van der Waals surface area contributed by atoms with Crippen LogP contribution in [0, 0.1) is 5.92 Å². The van der Waals surface area contributed by atoms with Crippen molar-refractivity contribution in [1.29, 1.82) is 0 Å². The Hall–Kier alpha value is -1.82. The van der Waals surface area contributed by atoms with Gasteiger partial charge in [-0.3, -0.25) is 4.79 Å². The smallest absolute Gasteiger partial charge is 0.328 e. The molecule has 0 radical (unpaired) electrons. The third kappa shape index (κ3) is 4.07. The Morgan fingerprint density at radius 3 is 2.67 bits per heavy atom. The molecular weight excluding hydrogens is 274 g/mol. The fourth-order valence-electron chi connectivity index (χ4n) is 2.32. The van der Waals surface area contributed by atoms with Crippen molar-refractivity contribution in [1.82, 2.24) is 5.32 Å². The van der Waals surface area contributed by atoms with Gasteiger partial charge < -0.3 is 19.9 Å². The fourth-order valence-corrected chi connectivity index (χ4v) is 2.32. The topological polar surface area (TPSA) is 99.8 Å². The summed E-state index contributed by atoms with van der Waals surface area (Å²) in [6, 6.07) is 2.52. The van der Waals surface area contributed by atoms with Gasteiger partial charge in [-0.2, -0.15) is 0 Å². The minimum atomic E-state index is -1.28. The molecular formula is C15H21NO5. The number of carbonyl (C=O) groups is 2. The molecule has 1 aliphatic carbocycles. The lowest BCUT2D eigenvalue weighted by Gasteiger charge is -2.16. The highest BCUT2D eigenvalue weighted by atomic mass is 16.4. The Morgan fingerprint density at radius 2 is 2.14 bits per heavy atom. The maximum Gasteiger partial charge on any atom is 0.328 e. The summed E-state index contributed by atoms with van der Waals surface area (Å²) in [5.41, 5.74) is 0. The second kappa shape index (κ2) is 6.30. The van der Waals surface area contributed by atoms with Crippen LogP contribution in [0.15, 0.2) is 16.5 Å². The Kier molecular flexibility index (Phi) is 4.67. The van der Waals surface area contributed by atoms with Crippen molar-refractivity contribution in [2.24, 2.45) is 5.92 Å². The normalized spacial score (nSPS) is 23.4. The van der Waals surface area contributed by atoms with Gasteiger partial charge in [-0.15, -0.1) is 0 Å². The van der Waals surface area contributed by atoms with Crippen LogP contribution in [-0.2, 0) is 16.0 Å². The van der Waals surface area contributed by atoms with Crippen LogP contribution in [0.3, 0.4) is 0 Å². The highest BCUT2D eigenvalue weighted by Gasteiger charge is 2.36. The summed E-state index contributed by atoms with van der Waals surface area (Å²) in [4.78, 5) is 22.6. The Bertz CT molecular complexity index is 522. The third-order valence-corrected chi connectivity index (χ3v) is 3.82. The van der Waals surface area contributed by atoms with Crippen LogP contribution < -0.4 is 5.32 Å². The van der Waals surface area contributed by atoms with Crippen LogP contribution in [0.4, 0.5) is 0 Å². The van der Waals surface area contributed by atoms with Crippen molar-refractivity contribution in [2.45, 2.75) is 51.2 Å². The Labute approximate surface area is 123 Å². The molecule has 4 unspecified atom stereocenters. The van der Waals surface area contributed by atoms with E-state index in [9.17, 15) is 14.7 Å². The summed E-state index contributed by atoms with van der Waals surface area (Å²) in [5, 5.41) is 20.5. The van der Waals surface area contributed by atoms with Gasteiger partial charge in [0.1, 0.15) is 11.5 Å². The van der Waals surface area contributed by atoms with Crippen LogP contribution in [0.2, 0.25) is 0 Å². The molecule has 1 fully saturated rings. The molecule has 6 heteroatoms. The third-order valence-electron chi connectivity index (χ3n) is 3.82. The Morgan fingerprint density at radius 1 is 1.48 bits per heavy atom. The molecule has 4 atom stereocenters. The standard InChI is InChI=1S/C15H21NO5/c1-8-7-11(8)12-5-3-10(21-12)4-6-13(18)16-14(9(2)17)15(19)20/h3,5,8-9,11,14,17H,4,6-7H2,1-2H3,(H,16,18)(H,19,20). The van der Waals surface area contributed by atoms with Crippen molar-refractivity contribution in [2.75, 3.05) is 0 Å². The summed E-state index contributed by atoms with van der Waals surface area (Å²) < 4.78 is 5.68. The Balaban J connectivity index is 1.80. The van der Waals surface area contributed by atoms with Crippen LogP contribution in [0.5, 0.6) is 0 Å². The van der Waals surface area contributed by atoms with Crippen LogP contribution in [0.25, 0.3) is 0 Å². The lowest BCUT2D eigenvalue weighted by Crippen LogP contribution is -2.47. The molecule has 1 saturated carbocycles. The number of carbonyl (C=O) groups excluding carboxylic acids is 1. The molecule has 1 heterocycles. The second-order valence-electron chi connectivity index (χ2n) is 5.75. The van der Waals surface area contributed by atoms with E-state index in [1.54, 1.807) is 0 Å². The van der Waals surface area contributed by atoms with E-state index in [0.29, 0.717) is 18.3 Å². The number of nitrogens with one attached hydrogen (secondary N) is 1. The molecule has 2 rings (SSSR count). The van der Waals surface area contributed by atoms with E-state index < -0.39 is 24.0 Å². The number of amides is 1. The lowest BCUT2D eigenvalue weighted by molar-refractivity contribution is -0.144. The molecule has 0 saturated heterocycles. The van der Waals surface area contributed by atoms with Crippen molar-refractivity contribution >= 4 is 11.9 Å². The van der Waals surface area contributed by atoms with Gasteiger partial charge in [0.2, 0.25) is 5.91 Å². The summed E-state index contributed by atoms with van der Waals surface area (Å²) >= 11 is 0. The summed E-state index contributed by atoms with van der Waals surface area (Å²) in [7, 11) is 0. The first-order chi connectivity index (χ1) is 9.88. The summed E-state index contributed by atoms with van der Waals surface area (Å²) in [6.07, 6.45) is 0.545. The van der Waals surface area contributed by atoms with Crippen molar-refractivity contribution in [3.63, 3.8) is 0 Å². The molecule has 6 nitrogen and oxygen atoms in total. The molecule has 1 aromatic heterocycles. The largest absolute Gasteiger partial charge is 0.480 e. The quantitative estimate of drug-likeness (QED) is 0.703. The zero-order valence-electron chi connectivity index (χ0n) is 12.2. The number of carboxylic acids is 1.